The Morgan fingerprint density at radius 2 is 2.06 bits per heavy atom. The Morgan fingerprint density at radius 3 is 2.62 bits per heavy atom. The highest BCUT2D eigenvalue weighted by Gasteiger charge is 2.20. The minimum Gasteiger partial charge on any atom is -0.380 e. The lowest BCUT2D eigenvalue weighted by atomic mass is 9.84. The molecule has 1 aliphatic carbocycles. The first-order chi connectivity index (χ1) is 7.66. The van der Waals surface area contributed by atoms with Crippen molar-refractivity contribution in [1.82, 2.24) is 9.78 Å². The standard InChI is InChI=1S/C13H23N3/c1-10(12-7-5-4-6-8-12)14-13-9-16(3)15-11(13)2/h9-10,12,14H,4-8H2,1-3H3. The molecule has 2 rings (SSSR count). The molecule has 1 aromatic rings. The number of aromatic nitrogens is 2. The number of aryl methyl sites for hydroxylation is 2. The fraction of sp³-hybridized carbons (Fsp3) is 0.769. The third-order valence-electron chi connectivity index (χ3n) is 3.75. The molecule has 0 bridgehead atoms. The summed E-state index contributed by atoms with van der Waals surface area (Å²) in [5, 5.41) is 7.98. The largest absolute Gasteiger partial charge is 0.380 e. The average molecular weight is 221 g/mol. The first kappa shape index (κ1) is 11.5. The van der Waals surface area contributed by atoms with E-state index in [-0.39, 0.29) is 0 Å². The number of hydrogen-bond acceptors (Lipinski definition) is 2. The molecule has 16 heavy (non-hydrogen) atoms. The first-order valence-electron chi connectivity index (χ1n) is 6.43. The zero-order valence-electron chi connectivity index (χ0n) is 10.7. The van der Waals surface area contributed by atoms with Gasteiger partial charge >= 0.3 is 0 Å². The number of nitrogens with one attached hydrogen (secondary N) is 1. The van der Waals surface area contributed by atoms with Crippen LogP contribution in [-0.2, 0) is 7.05 Å². The molecule has 0 aromatic carbocycles. The highest BCUT2D eigenvalue weighted by Crippen LogP contribution is 2.28. The Labute approximate surface area is 98.2 Å². The van der Waals surface area contributed by atoms with Crippen molar-refractivity contribution < 1.29 is 0 Å². The maximum absolute atomic E-state index is 4.36. The van der Waals surface area contributed by atoms with E-state index in [9.17, 15) is 0 Å². The number of nitrogens with zero attached hydrogens (tertiary/aromatic N) is 2. The maximum Gasteiger partial charge on any atom is 0.0825 e. The summed E-state index contributed by atoms with van der Waals surface area (Å²) in [5.74, 6) is 0.841. The van der Waals surface area contributed by atoms with Gasteiger partial charge in [-0.05, 0) is 32.6 Å². The summed E-state index contributed by atoms with van der Waals surface area (Å²) < 4.78 is 1.88. The smallest absolute Gasteiger partial charge is 0.0825 e. The van der Waals surface area contributed by atoms with Gasteiger partial charge in [-0.1, -0.05) is 19.3 Å². The Kier molecular flexibility index (Phi) is 3.52. The summed E-state index contributed by atoms with van der Waals surface area (Å²) in [6.45, 7) is 4.37. The molecule has 0 spiro atoms. The van der Waals surface area contributed by atoms with E-state index in [2.05, 4.69) is 30.5 Å². The maximum atomic E-state index is 4.36. The van der Waals surface area contributed by atoms with Crippen molar-refractivity contribution >= 4 is 5.69 Å². The second-order valence-electron chi connectivity index (χ2n) is 5.13. The summed E-state index contributed by atoms with van der Waals surface area (Å²) in [6, 6.07) is 0.572. The molecule has 1 N–H and O–H groups in total. The monoisotopic (exact) mass is 221 g/mol. The molecule has 0 aliphatic heterocycles. The van der Waals surface area contributed by atoms with Crippen LogP contribution in [0.5, 0.6) is 0 Å². The molecule has 1 fully saturated rings. The Bertz CT molecular complexity index is 337. The second-order valence-corrected chi connectivity index (χ2v) is 5.13. The van der Waals surface area contributed by atoms with E-state index in [4.69, 9.17) is 0 Å². The van der Waals surface area contributed by atoms with Crippen molar-refractivity contribution in [2.24, 2.45) is 13.0 Å². The third kappa shape index (κ3) is 2.57. The SMILES string of the molecule is Cc1nn(C)cc1NC(C)C1CCCCC1. The van der Waals surface area contributed by atoms with Gasteiger partial charge in [0.1, 0.15) is 0 Å². The molecule has 1 aromatic heterocycles. The van der Waals surface area contributed by atoms with E-state index >= 15 is 0 Å². The fourth-order valence-electron chi connectivity index (χ4n) is 2.74. The van der Waals surface area contributed by atoms with E-state index in [1.54, 1.807) is 0 Å². The molecule has 90 valence electrons. The van der Waals surface area contributed by atoms with E-state index < -0.39 is 0 Å². The van der Waals surface area contributed by atoms with Crippen LogP contribution in [-0.4, -0.2) is 15.8 Å². The molecule has 3 nitrogen and oxygen atoms in total. The van der Waals surface area contributed by atoms with Gasteiger partial charge in [-0.2, -0.15) is 5.10 Å². The van der Waals surface area contributed by atoms with Gasteiger partial charge in [-0.25, -0.2) is 0 Å². The summed E-state index contributed by atoms with van der Waals surface area (Å²) in [4.78, 5) is 0. The molecule has 1 aliphatic rings. The van der Waals surface area contributed by atoms with E-state index in [1.165, 1.54) is 37.8 Å². The Balaban J connectivity index is 1.95. The highest BCUT2D eigenvalue weighted by atomic mass is 15.3. The lowest BCUT2D eigenvalue weighted by Gasteiger charge is -2.28. The summed E-state index contributed by atoms with van der Waals surface area (Å²) in [7, 11) is 1.98. The molecule has 0 amide bonds. The number of hydrogen-bond donors (Lipinski definition) is 1. The van der Waals surface area contributed by atoms with Crippen molar-refractivity contribution in [3.05, 3.63) is 11.9 Å². The van der Waals surface area contributed by atoms with Crippen LogP contribution in [0.1, 0.15) is 44.7 Å². The number of anilines is 1. The summed E-state index contributed by atoms with van der Waals surface area (Å²) in [5.41, 5.74) is 2.30. The third-order valence-corrected chi connectivity index (χ3v) is 3.75. The fourth-order valence-corrected chi connectivity index (χ4v) is 2.74. The topological polar surface area (TPSA) is 29.9 Å². The van der Waals surface area contributed by atoms with Crippen molar-refractivity contribution in [2.75, 3.05) is 5.32 Å². The first-order valence-corrected chi connectivity index (χ1v) is 6.43. The summed E-state index contributed by atoms with van der Waals surface area (Å²) in [6.07, 6.45) is 9.08. The van der Waals surface area contributed by atoms with Crippen LogP contribution in [0.25, 0.3) is 0 Å². The molecule has 1 unspecified atom stereocenters. The van der Waals surface area contributed by atoms with E-state index in [1.807, 2.05) is 11.7 Å². The van der Waals surface area contributed by atoms with Gasteiger partial charge in [0.2, 0.25) is 0 Å². The van der Waals surface area contributed by atoms with Crippen LogP contribution in [0.3, 0.4) is 0 Å². The van der Waals surface area contributed by atoms with Crippen LogP contribution >= 0.6 is 0 Å². The minimum atomic E-state index is 0.572. The Hall–Kier alpha value is -0.990. The molecular formula is C13H23N3. The van der Waals surface area contributed by atoms with E-state index in [0.717, 1.165) is 11.6 Å². The van der Waals surface area contributed by atoms with Gasteiger partial charge in [0.25, 0.3) is 0 Å². The van der Waals surface area contributed by atoms with Crippen molar-refractivity contribution in [3.8, 4) is 0 Å². The van der Waals surface area contributed by atoms with Crippen LogP contribution in [0.15, 0.2) is 6.20 Å². The van der Waals surface area contributed by atoms with Crippen LogP contribution in [0, 0.1) is 12.8 Å². The predicted octanol–water partition coefficient (Wildman–Crippen LogP) is 3.11. The molecular weight excluding hydrogens is 198 g/mol. The minimum absolute atomic E-state index is 0.572. The second kappa shape index (κ2) is 4.89. The molecule has 1 saturated carbocycles. The molecule has 1 atom stereocenters. The van der Waals surface area contributed by atoms with Gasteiger partial charge in [0.15, 0.2) is 0 Å². The lowest BCUT2D eigenvalue weighted by molar-refractivity contribution is 0.328. The van der Waals surface area contributed by atoms with Crippen molar-refractivity contribution in [1.29, 1.82) is 0 Å². The molecule has 0 saturated heterocycles. The van der Waals surface area contributed by atoms with Crippen LogP contribution in [0.4, 0.5) is 5.69 Å². The quantitative estimate of drug-likeness (QED) is 0.850. The van der Waals surface area contributed by atoms with Gasteiger partial charge in [0.05, 0.1) is 11.4 Å². The van der Waals surface area contributed by atoms with Gasteiger partial charge in [-0.3, -0.25) is 4.68 Å². The van der Waals surface area contributed by atoms with Gasteiger partial charge in [-0.15, -0.1) is 0 Å². The van der Waals surface area contributed by atoms with Gasteiger partial charge < -0.3 is 5.32 Å². The normalized spacial score (nSPS) is 19.7. The van der Waals surface area contributed by atoms with Crippen molar-refractivity contribution in [3.63, 3.8) is 0 Å². The molecule has 1 heterocycles. The zero-order valence-corrected chi connectivity index (χ0v) is 10.7. The summed E-state index contributed by atoms with van der Waals surface area (Å²) >= 11 is 0. The predicted molar refractivity (Wildman–Crippen MR) is 67.6 cm³/mol. The Morgan fingerprint density at radius 1 is 1.38 bits per heavy atom. The zero-order chi connectivity index (χ0) is 11.5. The molecule has 3 heteroatoms. The molecule has 0 radical (unpaired) electrons. The van der Waals surface area contributed by atoms with Gasteiger partial charge in [0, 0.05) is 19.3 Å². The number of rotatable bonds is 3. The van der Waals surface area contributed by atoms with Crippen molar-refractivity contribution in [2.45, 2.75) is 52.0 Å². The van der Waals surface area contributed by atoms with Crippen LogP contribution in [0.2, 0.25) is 0 Å². The highest BCUT2D eigenvalue weighted by molar-refractivity contribution is 5.46. The van der Waals surface area contributed by atoms with Crippen LogP contribution < -0.4 is 5.32 Å². The average Bonchev–Trinajstić information content (AvgIpc) is 2.59. The van der Waals surface area contributed by atoms with E-state index in [0.29, 0.717) is 6.04 Å². The lowest BCUT2D eigenvalue weighted by Crippen LogP contribution is -2.27.